The number of H-pyrrole nitrogens is 1. The molecule has 4 rings (SSSR count). The third kappa shape index (κ3) is 4.31. The third-order valence-corrected chi connectivity index (χ3v) is 5.37. The van der Waals surface area contributed by atoms with Crippen LogP contribution in [0.4, 0.5) is 5.69 Å². The Morgan fingerprint density at radius 3 is 2.70 bits per heavy atom. The van der Waals surface area contributed by atoms with E-state index in [0.717, 1.165) is 48.5 Å². The fourth-order valence-corrected chi connectivity index (χ4v) is 3.77. The van der Waals surface area contributed by atoms with Crippen LogP contribution in [0.2, 0.25) is 5.02 Å². The van der Waals surface area contributed by atoms with Crippen LogP contribution >= 0.6 is 11.6 Å². The summed E-state index contributed by atoms with van der Waals surface area (Å²) in [7, 11) is 0. The number of fused-ring (bicyclic) bond motifs is 1. The number of likely N-dealkylation sites (tertiary alicyclic amines) is 1. The van der Waals surface area contributed by atoms with E-state index in [0.29, 0.717) is 17.5 Å². The van der Waals surface area contributed by atoms with Crippen LogP contribution in [0.3, 0.4) is 0 Å². The predicted molar refractivity (Wildman–Crippen MR) is 109 cm³/mol. The molecule has 0 spiro atoms. The minimum absolute atomic E-state index is 0.0377. The van der Waals surface area contributed by atoms with Gasteiger partial charge >= 0.3 is 0 Å². The molecule has 2 N–H and O–H groups in total. The number of nitrogens with zero attached hydrogens (tertiary/aromatic N) is 2. The van der Waals surface area contributed by atoms with Crippen LogP contribution < -0.4 is 5.32 Å². The van der Waals surface area contributed by atoms with Gasteiger partial charge in [-0.25, -0.2) is 4.98 Å². The number of nitrogens with one attached hydrogen (secondary N) is 2. The molecule has 1 saturated heterocycles. The maximum absolute atomic E-state index is 12.3. The molecule has 1 fully saturated rings. The summed E-state index contributed by atoms with van der Waals surface area (Å²) in [6.45, 7) is 4.25. The SMILES string of the molecule is Cc1ccc(NC(=O)CN2CCC(c3nc4ccc(Cl)cc4[nH]3)CC2)cc1. The molecule has 27 heavy (non-hydrogen) atoms. The van der Waals surface area contributed by atoms with Crippen molar-refractivity contribution in [3.63, 3.8) is 0 Å². The molecule has 3 aromatic rings. The van der Waals surface area contributed by atoms with E-state index < -0.39 is 0 Å². The Hall–Kier alpha value is -2.37. The van der Waals surface area contributed by atoms with E-state index in [2.05, 4.69) is 15.2 Å². The standard InChI is InChI=1S/C21H23ClN4O/c1-14-2-5-17(6-3-14)23-20(27)13-26-10-8-15(9-11-26)21-24-18-7-4-16(22)12-19(18)25-21/h2-7,12,15H,8-11,13H2,1H3,(H,23,27)(H,24,25). The van der Waals surface area contributed by atoms with E-state index >= 15 is 0 Å². The molecule has 1 aliphatic rings. The Balaban J connectivity index is 1.31. The lowest BCUT2D eigenvalue weighted by atomic mass is 9.96. The zero-order valence-electron chi connectivity index (χ0n) is 15.3. The number of piperidine rings is 1. The van der Waals surface area contributed by atoms with E-state index in [9.17, 15) is 4.79 Å². The van der Waals surface area contributed by atoms with Crippen molar-refractivity contribution in [1.82, 2.24) is 14.9 Å². The summed E-state index contributed by atoms with van der Waals surface area (Å²) in [5, 5.41) is 3.69. The Kier molecular flexibility index (Phi) is 5.14. The minimum Gasteiger partial charge on any atom is -0.342 e. The number of aromatic nitrogens is 2. The third-order valence-electron chi connectivity index (χ3n) is 5.14. The quantitative estimate of drug-likeness (QED) is 0.705. The normalized spacial score (nSPS) is 15.9. The van der Waals surface area contributed by atoms with Gasteiger partial charge in [-0.3, -0.25) is 9.69 Å². The molecule has 5 nitrogen and oxygen atoms in total. The number of halogens is 1. The van der Waals surface area contributed by atoms with Gasteiger partial charge in [0, 0.05) is 16.6 Å². The van der Waals surface area contributed by atoms with Crippen LogP contribution in [0.25, 0.3) is 11.0 Å². The van der Waals surface area contributed by atoms with E-state index in [1.165, 1.54) is 5.56 Å². The van der Waals surface area contributed by atoms with Gasteiger partial charge in [-0.05, 0) is 63.2 Å². The first-order valence-electron chi connectivity index (χ1n) is 9.31. The van der Waals surface area contributed by atoms with Crippen LogP contribution in [0, 0.1) is 6.92 Å². The highest BCUT2D eigenvalue weighted by Gasteiger charge is 2.24. The summed E-state index contributed by atoms with van der Waals surface area (Å²) in [5.41, 5.74) is 3.97. The zero-order chi connectivity index (χ0) is 18.8. The van der Waals surface area contributed by atoms with Crippen molar-refractivity contribution in [3.8, 4) is 0 Å². The Labute approximate surface area is 163 Å². The first-order chi connectivity index (χ1) is 13.1. The number of aromatic amines is 1. The molecule has 6 heteroatoms. The molecule has 0 radical (unpaired) electrons. The van der Waals surface area contributed by atoms with Gasteiger partial charge < -0.3 is 10.3 Å². The highest BCUT2D eigenvalue weighted by atomic mass is 35.5. The fraction of sp³-hybridized carbons (Fsp3) is 0.333. The van der Waals surface area contributed by atoms with Crippen LogP contribution in [-0.4, -0.2) is 40.4 Å². The summed E-state index contributed by atoms with van der Waals surface area (Å²) >= 11 is 6.05. The summed E-state index contributed by atoms with van der Waals surface area (Å²) in [4.78, 5) is 22.6. The number of rotatable bonds is 4. The van der Waals surface area contributed by atoms with Crippen LogP contribution in [0.15, 0.2) is 42.5 Å². The average molecular weight is 383 g/mol. The number of carbonyl (C=O) groups is 1. The van der Waals surface area contributed by atoms with Gasteiger partial charge in [-0.1, -0.05) is 29.3 Å². The largest absolute Gasteiger partial charge is 0.342 e. The number of carbonyl (C=O) groups excluding carboxylic acids is 1. The molecule has 2 heterocycles. The highest BCUT2D eigenvalue weighted by molar-refractivity contribution is 6.31. The van der Waals surface area contributed by atoms with Crippen LogP contribution in [0.1, 0.15) is 30.1 Å². The Morgan fingerprint density at radius 2 is 1.96 bits per heavy atom. The van der Waals surface area contributed by atoms with Gasteiger partial charge in [0.25, 0.3) is 0 Å². The molecule has 2 aromatic carbocycles. The molecule has 140 valence electrons. The van der Waals surface area contributed by atoms with Gasteiger partial charge in [0.05, 0.1) is 17.6 Å². The second-order valence-corrected chi connectivity index (χ2v) is 7.68. The maximum Gasteiger partial charge on any atom is 0.238 e. The fourth-order valence-electron chi connectivity index (χ4n) is 3.60. The first kappa shape index (κ1) is 18.0. The van der Waals surface area contributed by atoms with Crippen LogP contribution in [0.5, 0.6) is 0 Å². The second-order valence-electron chi connectivity index (χ2n) is 7.25. The van der Waals surface area contributed by atoms with Gasteiger partial charge in [-0.2, -0.15) is 0 Å². The molecule has 1 aliphatic heterocycles. The second kappa shape index (κ2) is 7.71. The zero-order valence-corrected chi connectivity index (χ0v) is 16.1. The molecule has 0 bridgehead atoms. The van der Waals surface area contributed by atoms with E-state index in [-0.39, 0.29) is 5.91 Å². The maximum atomic E-state index is 12.3. The number of hydrogen-bond donors (Lipinski definition) is 2. The first-order valence-corrected chi connectivity index (χ1v) is 9.69. The number of anilines is 1. The smallest absolute Gasteiger partial charge is 0.238 e. The molecule has 1 aromatic heterocycles. The van der Waals surface area contributed by atoms with Crippen LogP contribution in [-0.2, 0) is 4.79 Å². The number of benzene rings is 2. The van der Waals surface area contributed by atoms with Crippen molar-refractivity contribution in [3.05, 3.63) is 58.9 Å². The topological polar surface area (TPSA) is 61.0 Å². The minimum atomic E-state index is 0.0377. The molecule has 0 unspecified atom stereocenters. The number of amides is 1. The van der Waals surface area contributed by atoms with Gasteiger partial charge in [0.1, 0.15) is 5.82 Å². The van der Waals surface area contributed by atoms with Crippen molar-refractivity contribution in [2.24, 2.45) is 0 Å². The Bertz CT molecular complexity index is 942. The van der Waals surface area contributed by atoms with E-state index in [1.807, 2.05) is 49.4 Å². The van der Waals surface area contributed by atoms with Crippen molar-refractivity contribution in [2.45, 2.75) is 25.7 Å². The lowest BCUT2D eigenvalue weighted by Gasteiger charge is -2.30. The van der Waals surface area contributed by atoms with Gasteiger partial charge in [0.15, 0.2) is 0 Å². The Morgan fingerprint density at radius 1 is 1.22 bits per heavy atom. The van der Waals surface area contributed by atoms with Crippen molar-refractivity contribution in [2.75, 3.05) is 25.0 Å². The summed E-state index contributed by atoms with van der Waals surface area (Å²) in [6, 6.07) is 13.6. The van der Waals surface area contributed by atoms with E-state index in [1.54, 1.807) is 0 Å². The highest BCUT2D eigenvalue weighted by Crippen LogP contribution is 2.28. The monoisotopic (exact) mass is 382 g/mol. The number of aryl methyl sites for hydroxylation is 1. The molecule has 1 amide bonds. The number of hydrogen-bond acceptors (Lipinski definition) is 3. The number of imidazole rings is 1. The van der Waals surface area contributed by atoms with Gasteiger partial charge in [-0.15, -0.1) is 0 Å². The molecule has 0 aliphatic carbocycles. The lowest BCUT2D eigenvalue weighted by molar-refractivity contribution is -0.117. The average Bonchev–Trinajstić information content (AvgIpc) is 3.07. The van der Waals surface area contributed by atoms with Crippen molar-refractivity contribution < 1.29 is 4.79 Å². The van der Waals surface area contributed by atoms with E-state index in [4.69, 9.17) is 16.6 Å². The van der Waals surface area contributed by atoms with Crippen molar-refractivity contribution in [1.29, 1.82) is 0 Å². The molecular formula is C21H23ClN4O. The van der Waals surface area contributed by atoms with Gasteiger partial charge in [0.2, 0.25) is 5.91 Å². The predicted octanol–water partition coefficient (Wildman–Crippen LogP) is 4.34. The lowest BCUT2D eigenvalue weighted by Crippen LogP contribution is -2.38. The molecule has 0 atom stereocenters. The summed E-state index contributed by atoms with van der Waals surface area (Å²) < 4.78 is 0. The van der Waals surface area contributed by atoms with Crippen molar-refractivity contribution >= 4 is 34.2 Å². The summed E-state index contributed by atoms with van der Waals surface area (Å²) in [5.74, 6) is 1.46. The molecule has 0 saturated carbocycles. The molecular weight excluding hydrogens is 360 g/mol. The summed E-state index contributed by atoms with van der Waals surface area (Å²) in [6.07, 6.45) is 1.98.